The fraction of sp³-hybridized carbons (Fsp3) is 0.0345. The van der Waals surface area contributed by atoms with E-state index in [1.54, 1.807) is 0 Å². The average Bonchev–Trinajstić information content (AvgIpc) is 3.83. The molecule has 0 saturated carbocycles. The van der Waals surface area contributed by atoms with E-state index in [2.05, 4.69) is 228 Å². The van der Waals surface area contributed by atoms with Gasteiger partial charge in [-0.1, -0.05) is 159 Å². The van der Waals surface area contributed by atoms with E-state index in [4.69, 9.17) is 0 Å². The summed E-state index contributed by atoms with van der Waals surface area (Å²) in [5.41, 5.74) is 16.0. The van der Waals surface area contributed by atoms with E-state index in [0.717, 1.165) is 12.1 Å². The average molecular weight is 765 g/mol. The Morgan fingerprint density at radius 1 is 0.283 bits per heavy atom. The van der Waals surface area contributed by atoms with Crippen LogP contribution in [0.4, 0.5) is 0 Å². The highest BCUT2D eigenvalue weighted by molar-refractivity contribution is 6.21. The molecule has 0 aliphatic heterocycles. The van der Waals surface area contributed by atoms with Gasteiger partial charge < -0.3 is 9.13 Å². The molecule has 60 heavy (non-hydrogen) atoms. The number of hydrogen-bond acceptors (Lipinski definition) is 0. The van der Waals surface area contributed by atoms with E-state index >= 15 is 0 Å². The summed E-state index contributed by atoms with van der Waals surface area (Å²) in [6.45, 7) is 2.22. The summed E-state index contributed by atoms with van der Waals surface area (Å²) in [6.07, 6.45) is 1.01. The van der Waals surface area contributed by atoms with Crippen molar-refractivity contribution in [2.75, 3.05) is 0 Å². The van der Waals surface area contributed by atoms with Gasteiger partial charge in [0.05, 0.1) is 22.1 Å². The Morgan fingerprint density at radius 2 is 0.700 bits per heavy atom. The maximum Gasteiger partial charge on any atom is 0.0541 e. The molecule has 12 aromatic rings. The predicted molar refractivity (Wildman–Crippen MR) is 256 cm³/mol. The Morgan fingerprint density at radius 3 is 1.22 bits per heavy atom. The van der Waals surface area contributed by atoms with E-state index in [1.807, 2.05) is 0 Å². The Labute approximate surface area is 348 Å². The minimum Gasteiger partial charge on any atom is -0.309 e. The second-order valence-electron chi connectivity index (χ2n) is 15.9. The summed E-state index contributed by atoms with van der Waals surface area (Å²) in [6, 6.07) is 78.3. The Balaban J connectivity index is 0.984. The van der Waals surface area contributed by atoms with Crippen LogP contribution in [-0.2, 0) is 6.42 Å². The molecule has 0 saturated heterocycles. The summed E-state index contributed by atoms with van der Waals surface area (Å²) in [7, 11) is 0. The highest BCUT2D eigenvalue weighted by Crippen LogP contribution is 2.44. The van der Waals surface area contributed by atoms with Crippen molar-refractivity contribution in [3.05, 3.63) is 218 Å². The lowest BCUT2D eigenvalue weighted by Crippen LogP contribution is -1.95. The zero-order chi connectivity index (χ0) is 39.7. The van der Waals surface area contributed by atoms with Crippen LogP contribution in [0.2, 0.25) is 0 Å². The van der Waals surface area contributed by atoms with Gasteiger partial charge in [-0.25, -0.2) is 0 Å². The zero-order valence-electron chi connectivity index (χ0n) is 33.3. The molecule has 10 aromatic carbocycles. The number of nitrogens with zero attached hydrogens (tertiary/aromatic N) is 2. The van der Waals surface area contributed by atoms with Crippen molar-refractivity contribution in [2.24, 2.45) is 0 Å². The Bertz CT molecular complexity index is 3570. The molecule has 0 unspecified atom stereocenters. The molecule has 0 aliphatic carbocycles. The third-order valence-electron chi connectivity index (χ3n) is 12.7. The van der Waals surface area contributed by atoms with Crippen molar-refractivity contribution < 1.29 is 0 Å². The van der Waals surface area contributed by atoms with Crippen LogP contribution in [0.25, 0.3) is 110 Å². The molecule has 282 valence electrons. The van der Waals surface area contributed by atoms with Crippen molar-refractivity contribution in [1.82, 2.24) is 9.13 Å². The van der Waals surface area contributed by atoms with Gasteiger partial charge in [0.1, 0.15) is 0 Å². The SMILES string of the molecule is CCc1cccc(-n2c3ccccc3c3cc(-c4ccc5c(c4)c4ccccc4n5-c4ccc(-c5c6ccccc6c(-c6ccccc6)c6ccccc56)cc4)ccc32)c1. The number of para-hydroxylation sites is 2. The number of aryl methyl sites for hydroxylation is 1. The van der Waals surface area contributed by atoms with Crippen molar-refractivity contribution in [3.8, 4) is 44.8 Å². The summed E-state index contributed by atoms with van der Waals surface area (Å²) >= 11 is 0. The van der Waals surface area contributed by atoms with Crippen molar-refractivity contribution >= 4 is 65.2 Å². The second kappa shape index (κ2) is 13.7. The monoisotopic (exact) mass is 764 g/mol. The highest BCUT2D eigenvalue weighted by atomic mass is 15.0. The van der Waals surface area contributed by atoms with Crippen LogP contribution in [0.15, 0.2) is 212 Å². The summed E-state index contributed by atoms with van der Waals surface area (Å²) in [4.78, 5) is 0. The van der Waals surface area contributed by atoms with Crippen LogP contribution in [0.3, 0.4) is 0 Å². The van der Waals surface area contributed by atoms with E-state index in [1.165, 1.54) is 110 Å². The minimum atomic E-state index is 1.01. The summed E-state index contributed by atoms with van der Waals surface area (Å²) < 4.78 is 4.84. The van der Waals surface area contributed by atoms with E-state index in [-0.39, 0.29) is 0 Å². The van der Waals surface area contributed by atoms with Gasteiger partial charge in [-0.2, -0.15) is 0 Å². The number of fused-ring (bicyclic) bond motifs is 8. The quantitative estimate of drug-likeness (QED) is 0.149. The van der Waals surface area contributed by atoms with Crippen LogP contribution >= 0.6 is 0 Å². The fourth-order valence-electron chi connectivity index (χ4n) is 9.91. The lowest BCUT2D eigenvalue weighted by Gasteiger charge is -2.18. The Hall–Kier alpha value is -7.68. The normalized spacial score (nSPS) is 11.8. The molecule has 0 aliphatic rings. The first-order chi connectivity index (χ1) is 29.7. The van der Waals surface area contributed by atoms with Crippen molar-refractivity contribution in [3.63, 3.8) is 0 Å². The van der Waals surface area contributed by atoms with Gasteiger partial charge in [0.25, 0.3) is 0 Å². The Kier molecular flexibility index (Phi) is 7.86. The maximum atomic E-state index is 2.42. The molecule has 0 atom stereocenters. The summed E-state index contributed by atoms with van der Waals surface area (Å²) in [5.74, 6) is 0. The second-order valence-corrected chi connectivity index (χ2v) is 15.9. The van der Waals surface area contributed by atoms with Gasteiger partial charge >= 0.3 is 0 Å². The molecule has 0 radical (unpaired) electrons. The molecule has 12 rings (SSSR count). The molecule has 2 nitrogen and oxygen atoms in total. The van der Waals surface area contributed by atoms with E-state index < -0.39 is 0 Å². The molecule has 2 heterocycles. The first-order valence-corrected chi connectivity index (χ1v) is 21.0. The third kappa shape index (κ3) is 5.28. The molecule has 0 bridgehead atoms. The molecular weight excluding hydrogens is 725 g/mol. The van der Waals surface area contributed by atoms with Gasteiger partial charge in [-0.05, 0) is 128 Å². The standard InChI is InChI=1S/C58H40N2/c1-2-38-15-14-18-44(35-38)60-54-26-13-11-20-46(54)52-37-42(30-34-56(52)60)41-29-33-55-51(36-41)45-19-10-12-25-53(45)59(55)43-31-27-40(28-32-43)58-49-23-8-6-21-47(49)57(39-16-4-3-5-17-39)48-22-7-9-24-50(48)58/h3-37H,2H2,1H3. The van der Waals surface area contributed by atoms with Crippen LogP contribution in [0, 0.1) is 0 Å². The minimum absolute atomic E-state index is 1.01. The predicted octanol–water partition coefficient (Wildman–Crippen LogP) is 15.8. The number of hydrogen-bond donors (Lipinski definition) is 0. The van der Waals surface area contributed by atoms with Crippen LogP contribution in [-0.4, -0.2) is 9.13 Å². The van der Waals surface area contributed by atoms with Gasteiger partial charge in [0.2, 0.25) is 0 Å². The highest BCUT2D eigenvalue weighted by Gasteiger charge is 2.19. The smallest absolute Gasteiger partial charge is 0.0541 e. The first kappa shape index (κ1) is 34.4. The topological polar surface area (TPSA) is 9.86 Å². The van der Waals surface area contributed by atoms with Crippen LogP contribution in [0.1, 0.15) is 12.5 Å². The van der Waals surface area contributed by atoms with E-state index in [9.17, 15) is 0 Å². The molecule has 2 aromatic heterocycles. The molecular formula is C58H40N2. The zero-order valence-corrected chi connectivity index (χ0v) is 33.3. The van der Waals surface area contributed by atoms with Gasteiger partial charge in [-0.15, -0.1) is 0 Å². The van der Waals surface area contributed by atoms with Gasteiger partial charge in [0, 0.05) is 32.9 Å². The van der Waals surface area contributed by atoms with Crippen LogP contribution in [0.5, 0.6) is 0 Å². The fourth-order valence-corrected chi connectivity index (χ4v) is 9.91. The molecule has 0 fully saturated rings. The van der Waals surface area contributed by atoms with Gasteiger partial charge in [-0.3, -0.25) is 0 Å². The van der Waals surface area contributed by atoms with Crippen molar-refractivity contribution in [1.29, 1.82) is 0 Å². The number of aromatic nitrogens is 2. The molecule has 0 N–H and O–H groups in total. The van der Waals surface area contributed by atoms with E-state index in [0.29, 0.717) is 0 Å². The molecule has 2 heteroatoms. The number of benzene rings is 10. The number of rotatable bonds is 6. The first-order valence-electron chi connectivity index (χ1n) is 21.0. The van der Waals surface area contributed by atoms with Crippen LogP contribution < -0.4 is 0 Å². The van der Waals surface area contributed by atoms with Gasteiger partial charge in [0.15, 0.2) is 0 Å². The molecule has 0 spiro atoms. The lowest BCUT2D eigenvalue weighted by molar-refractivity contribution is 1.11. The maximum absolute atomic E-state index is 2.42. The largest absolute Gasteiger partial charge is 0.309 e. The van der Waals surface area contributed by atoms with Crippen molar-refractivity contribution in [2.45, 2.75) is 13.3 Å². The third-order valence-corrected chi connectivity index (χ3v) is 12.7. The lowest BCUT2D eigenvalue weighted by atomic mass is 9.86. The summed E-state index contributed by atoms with van der Waals surface area (Å²) in [5, 5.41) is 10.1. The molecule has 0 amide bonds.